The number of hydrogen-bond acceptors (Lipinski definition) is 5. The lowest BCUT2D eigenvalue weighted by molar-refractivity contribution is -0.187. The van der Waals surface area contributed by atoms with Crippen LogP contribution in [0.4, 0.5) is 18.9 Å². The maximum atomic E-state index is 13.1. The molecular formula is C18H22BrF3N4O3. The maximum Gasteiger partial charge on any atom is 0.405 e. The summed E-state index contributed by atoms with van der Waals surface area (Å²) in [5.74, 6) is -1.62. The lowest BCUT2D eigenvalue weighted by Crippen LogP contribution is -2.59. The summed E-state index contributed by atoms with van der Waals surface area (Å²) < 4.78 is 39.2. The van der Waals surface area contributed by atoms with E-state index in [1.807, 2.05) is 0 Å². The van der Waals surface area contributed by atoms with Crippen LogP contribution in [0, 0.1) is 0 Å². The third-order valence-corrected chi connectivity index (χ3v) is 4.91. The van der Waals surface area contributed by atoms with Gasteiger partial charge >= 0.3 is 6.18 Å². The molecule has 1 aromatic carbocycles. The van der Waals surface area contributed by atoms with Gasteiger partial charge in [0, 0.05) is 31.7 Å². The van der Waals surface area contributed by atoms with Crippen molar-refractivity contribution in [3.63, 3.8) is 0 Å². The Morgan fingerprint density at radius 3 is 2.52 bits per heavy atom. The average molecular weight is 479 g/mol. The van der Waals surface area contributed by atoms with Gasteiger partial charge in [0.15, 0.2) is 0 Å². The molecule has 1 unspecified atom stereocenters. The summed E-state index contributed by atoms with van der Waals surface area (Å²) in [4.78, 5) is 36.4. The van der Waals surface area contributed by atoms with E-state index in [1.165, 1.54) is 0 Å². The van der Waals surface area contributed by atoms with E-state index < -0.39 is 24.0 Å². The Labute approximate surface area is 176 Å². The largest absolute Gasteiger partial charge is 0.405 e. The van der Waals surface area contributed by atoms with Gasteiger partial charge in [-0.25, -0.2) is 0 Å². The molecule has 2 saturated heterocycles. The van der Waals surface area contributed by atoms with E-state index in [0.29, 0.717) is 24.2 Å². The minimum Gasteiger partial charge on any atom is -0.325 e. The highest BCUT2D eigenvalue weighted by atomic mass is 79.9. The predicted molar refractivity (Wildman–Crippen MR) is 105 cm³/mol. The second-order valence-electron chi connectivity index (χ2n) is 6.91. The van der Waals surface area contributed by atoms with Gasteiger partial charge in [0.05, 0.1) is 12.5 Å². The molecule has 7 nitrogen and oxygen atoms in total. The first kappa shape index (κ1) is 23.3. The van der Waals surface area contributed by atoms with Crippen LogP contribution in [-0.4, -0.2) is 61.0 Å². The number of rotatable bonds is 4. The van der Waals surface area contributed by atoms with Crippen molar-refractivity contribution in [2.75, 3.05) is 31.5 Å². The first-order chi connectivity index (χ1) is 13.2. The normalized spacial score (nSPS) is 23.1. The Kier molecular flexibility index (Phi) is 7.78. The van der Waals surface area contributed by atoms with E-state index in [9.17, 15) is 27.6 Å². The molecule has 0 aromatic heterocycles. The van der Waals surface area contributed by atoms with Crippen LogP contribution in [0.5, 0.6) is 0 Å². The zero-order valence-electron chi connectivity index (χ0n) is 15.4. The molecule has 3 rings (SSSR count). The highest BCUT2D eigenvalue weighted by Gasteiger charge is 2.45. The van der Waals surface area contributed by atoms with Crippen molar-refractivity contribution in [1.82, 2.24) is 15.5 Å². The SMILES string of the molecule is Br.O=C1CCC(c2ccc(NC(=O)CN3CCNC[C@@H]3C(F)(F)F)cc2)C(=O)N1. The van der Waals surface area contributed by atoms with Gasteiger partial charge in [0.2, 0.25) is 17.7 Å². The fourth-order valence-electron chi connectivity index (χ4n) is 3.45. The second-order valence-corrected chi connectivity index (χ2v) is 6.91. The molecule has 1 aromatic rings. The zero-order valence-corrected chi connectivity index (χ0v) is 17.1. The van der Waals surface area contributed by atoms with Crippen molar-refractivity contribution in [3.05, 3.63) is 29.8 Å². The Balaban J connectivity index is 0.00000300. The average Bonchev–Trinajstić information content (AvgIpc) is 2.62. The van der Waals surface area contributed by atoms with Crippen molar-refractivity contribution in [3.8, 4) is 0 Å². The zero-order chi connectivity index (χ0) is 20.3. The number of carbonyl (C=O) groups is 3. The van der Waals surface area contributed by atoms with E-state index >= 15 is 0 Å². The fraction of sp³-hybridized carbons (Fsp3) is 0.500. The molecule has 2 heterocycles. The van der Waals surface area contributed by atoms with Gasteiger partial charge in [-0.2, -0.15) is 13.2 Å². The molecule has 160 valence electrons. The maximum absolute atomic E-state index is 13.1. The van der Waals surface area contributed by atoms with Crippen molar-refractivity contribution in [1.29, 1.82) is 0 Å². The van der Waals surface area contributed by atoms with Crippen molar-refractivity contribution < 1.29 is 27.6 Å². The highest BCUT2D eigenvalue weighted by Crippen LogP contribution is 2.27. The molecule has 2 atom stereocenters. The lowest BCUT2D eigenvalue weighted by Gasteiger charge is -2.36. The number of piperazine rings is 1. The number of piperidine rings is 1. The van der Waals surface area contributed by atoms with E-state index in [1.54, 1.807) is 24.3 Å². The van der Waals surface area contributed by atoms with Crippen molar-refractivity contribution >= 4 is 40.4 Å². The predicted octanol–water partition coefficient (Wildman–Crippen LogP) is 1.56. The summed E-state index contributed by atoms with van der Waals surface area (Å²) in [6, 6.07) is 4.83. The number of halogens is 4. The standard InChI is InChI=1S/C18H21F3N4O3.BrH/c19-18(20,21)14-9-22-7-8-25(14)10-16(27)23-12-3-1-11(2-4-12)13-5-6-15(26)24-17(13)28;/h1-4,13-14,22H,5-10H2,(H,23,27)(H,24,26,28);1H/t13?,14-;/m1./s1. The van der Waals surface area contributed by atoms with Gasteiger partial charge in [-0.3, -0.25) is 24.6 Å². The summed E-state index contributed by atoms with van der Waals surface area (Å²) >= 11 is 0. The molecule has 0 aliphatic carbocycles. The fourth-order valence-corrected chi connectivity index (χ4v) is 3.45. The number of alkyl halides is 3. The summed E-state index contributed by atoms with van der Waals surface area (Å²) in [6.07, 6.45) is -3.73. The Morgan fingerprint density at radius 2 is 1.90 bits per heavy atom. The van der Waals surface area contributed by atoms with Crippen molar-refractivity contribution in [2.24, 2.45) is 0 Å². The molecule has 2 aliphatic heterocycles. The van der Waals surface area contributed by atoms with Gasteiger partial charge in [-0.15, -0.1) is 17.0 Å². The van der Waals surface area contributed by atoms with Gasteiger partial charge < -0.3 is 10.6 Å². The third-order valence-electron chi connectivity index (χ3n) is 4.91. The van der Waals surface area contributed by atoms with Crippen LogP contribution in [0.1, 0.15) is 24.3 Å². The first-order valence-corrected chi connectivity index (χ1v) is 8.99. The molecule has 0 saturated carbocycles. The number of anilines is 1. The number of nitrogens with one attached hydrogen (secondary N) is 3. The third kappa shape index (κ3) is 6.00. The van der Waals surface area contributed by atoms with E-state index in [4.69, 9.17) is 0 Å². The van der Waals surface area contributed by atoms with Gasteiger partial charge in [0.1, 0.15) is 6.04 Å². The minimum atomic E-state index is -4.41. The van der Waals surface area contributed by atoms with Crippen LogP contribution in [-0.2, 0) is 14.4 Å². The molecule has 3 N–H and O–H groups in total. The van der Waals surface area contributed by atoms with Crippen LogP contribution in [0.2, 0.25) is 0 Å². The van der Waals surface area contributed by atoms with Crippen LogP contribution in [0.25, 0.3) is 0 Å². The molecule has 29 heavy (non-hydrogen) atoms. The Bertz CT molecular complexity index is 758. The number of carbonyl (C=O) groups excluding carboxylic acids is 3. The molecule has 0 bridgehead atoms. The first-order valence-electron chi connectivity index (χ1n) is 8.99. The van der Waals surface area contributed by atoms with Crippen LogP contribution < -0.4 is 16.0 Å². The molecule has 3 amide bonds. The topological polar surface area (TPSA) is 90.5 Å². The van der Waals surface area contributed by atoms with Gasteiger partial charge in [-0.1, -0.05) is 12.1 Å². The number of imide groups is 1. The quantitative estimate of drug-likeness (QED) is 0.571. The van der Waals surface area contributed by atoms with Crippen molar-refractivity contribution in [2.45, 2.75) is 31.0 Å². The van der Waals surface area contributed by atoms with Crippen LogP contribution in [0.3, 0.4) is 0 Å². The molecular weight excluding hydrogens is 457 g/mol. The number of benzene rings is 1. The summed E-state index contributed by atoms with van der Waals surface area (Å²) in [6.45, 7) is -0.0786. The van der Waals surface area contributed by atoms with E-state index in [0.717, 1.165) is 4.90 Å². The van der Waals surface area contributed by atoms with Crippen LogP contribution >= 0.6 is 17.0 Å². The number of amides is 3. The Hall–Kier alpha value is -1.98. The highest BCUT2D eigenvalue weighted by molar-refractivity contribution is 8.93. The summed E-state index contributed by atoms with van der Waals surface area (Å²) in [5.41, 5.74) is 1.14. The monoisotopic (exact) mass is 478 g/mol. The molecule has 0 radical (unpaired) electrons. The smallest absolute Gasteiger partial charge is 0.325 e. The molecule has 0 spiro atoms. The van der Waals surface area contributed by atoms with Gasteiger partial charge in [-0.05, 0) is 24.1 Å². The summed E-state index contributed by atoms with van der Waals surface area (Å²) in [7, 11) is 0. The van der Waals surface area contributed by atoms with Crippen LogP contribution in [0.15, 0.2) is 24.3 Å². The van der Waals surface area contributed by atoms with Gasteiger partial charge in [0.25, 0.3) is 0 Å². The second kappa shape index (κ2) is 9.68. The number of hydrogen-bond donors (Lipinski definition) is 3. The van der Waals surface area contributed by atoms with E-state index in [-0.39, 0.29) is 54.9 Å². The summed E-state index contributed by atoms with van der Waals surface area (Å²) in [5, 5.41) is 7.56. The molecule has 11 heteroatoms. The number of nitrogens with zero attached hydrogens (tertiary/aromatic N) is 1. The minimum absolute atomic E-state index is 0. The van der Waals surface area contributed by atoms with E-state index in [2.05, 4.69) is 16.0 Å². The molecule has 2 aliphatic rings. The Morgan fingerprint density at radius 1 is 1.21 bits per heavy atom. The lowest BCUT2D eigenvalue weighted by atomic mass is 9.90. The molecule has 2 fully saturated rings.